The molecule has 28 heavy (non-hydrogen) atoms. The van der Waals surface area contributed by atoms with E-state index < -0.39 is 0 Å². The molecule has 0 radical (unpaired) electrons. The second-order valence-corrected chi connectivity index (χ2v) is 7.71. The van der Waals surface area contributed by atoms with E-state index >= 15 is 0 Å². The largest absolute Gasteiger partial charge is 0.489 e. The highest BCUT2D eigenvalue weighted by molar-refractivity contribution is 5.83. The third-order valence-electron chi connectivity index (χ3n) is 5.62. The quantitative estimate of drug-likeness (QED) is 0.692. The van der Waals surface area contributed by atoms with Crippen molar-refractivity contribution in [1.82, 2.24) is 14.9 Å². The van der Waals surface area contributed by atoms with Gasteiger partial charge in [0.15, 0.2) is 0 Å². The van der Waals surface area contributed by atoms with E-state index in [0.717, 1.165) is 66.7 Å². The van der Waals surface area contributed by atoms with E-state index in [1.165, 1.54) is 0 Å². The maximum Gasteiger partial charge on any atom is 0.225 e. The van der Waals surface area contributed by atoms with Crippen molar-refractivity contribution in [2.45, 2.75) is 31.8 Å². The predicted octanol–water partition coefficient (Wildman–Crippen LogP) is 4.08. The average Bonchev–Trinajstić information content (AvgIpc) is 3.59. The van der Waals surface area contributed by atoms with Gasteiger partial charge in [-0.25, -0.2) is 0 Å². The average molecular weight is 373 g/mol. The van der Waals surface area contributed by atoms with Gasteiger partial charge in [0.25, 0.3) is 0 Å². The van der Waals surface area contributed by atoms with Gasteiger partial charge in [0, 0.05) is 49.0 Å². The highest BCUT2D eigenvalue weighted by Gasteiger charge is 2.35. The van der Waals surface area contributed by atoms with Crippen molar-refractivity contribution in [3.05, 3.63) is 54.9 Å². The van der Waals surface area contributed by atoms with E-state index in [0.29, 0.717) is 11.8 Å². The van der Waals surface area contributed by atoms with E-state index in [4.69, 9.17) is 4.74 Å². The molecule has 1 saturated heterocycles. The van der Waals surface area contributed by atoms with Gasteiger partial charge < -0.3 is 9.64 Å². The normalized spacial score (nSPS) is 17.6. The van der Waals surface area contributed by atoms with Gasteiger partial charge in [0.05, 0.1) is 17.4 Å². The number of hydrogen-bond acceptors (Lipinski definition) is 4. The molecule has 1 aliphatic heterocycles. The minimum absolute atomic E-state index is 0.153. The van der Waals surface area contributed by atoms with Gasteiger partial charge in [0.1, 0.15) is 11.9 Å². The van der Waals surface area contributed by atoms with Crippen LogP contribution in [-0.2, 0) is 4.79 Å². The summed E-state index contributed by atoms with van der Waals surface area (Å²) < 4.78 is 6.11. The van der Waals surface area contributed by atoms with Gasteiger partial charge in [0.2, 0.25) is 5.91 Å². The van der Waals surface area contributed by atoms with Crippen LogP contribution in [0.1, 0.15) is 25.7 Å². The predicted molar refractivity (Wildman–Crippen MR) is 108 cm³/mol. The number of benzene rings is 1. The topological polar surface area (TPSA) is 55.3 Å². The van der Waals surface area contributed by atoms with Crippen molar-refractivity contribution in [2.24, 2.45) is 5.92 Å². The Hall–Kier alpha value is -2.95. The van der Waals surface area contributed by atoms with Crippen LogP contribution in [0, 0.1) is 5.92 Å². The Bertz CT molecular complexity index is 990. The number of ether oxygens (including phenoxy) is 1. The molecule has 142 valence electrons. The summed E-state index contributed by atoms with van der Waals surface area (Å²) in [5, 5.41) is 1.12. The number of piperidine rings is 1. The van der Waals surface area contributed by atoms with E-state index in [2.05, 4.69) is 34.2 Å². The lowest BCUT2D eigenvalue weighted by molar-refractivity contribution is -0.134. The molecular formula is C23H23N3O2. The first-order valence-corrected chi connectivity index (χ1v) is 10.0. The fourth-order valence-electron chi connectivity index (χ4n) is 3.82. The van der Waals surface area contributed by atoms with Crippen LogP contribution in [-0.4, -0.2) is 40.0 Å². The second kappa shape index (κ2) is 7.23. The number of aromatic nitrogens is 2. The monoisotopic (exact) mass is 373 g/mol. The summed E-state index contributed by atoms with van der Waals surface area (Å²) in [4.78, 5) is 23.2. The highest BCUT2D eigenvalue weighted by Crippen LogP contribution is 2.32. The number of carbonyl (C=O) groups excluding carboxylic acids is 1. The highest BCUT2D eigenvalue weighted by atomic mass is 16.5. The summed E-state index contributed by atoms with van der Waals surface area (Å²) >= 11 is 0. The maximum atomic E-state index is 12.1. The third kappa shape index (κ3) is 3.57. The van der Waals surface area contributed by atoms with Crippen LogP contribution in [0.5, 0.6) is 5.75 Å². The number of amides is 1. The van der Waals surface area contributed by atoms with Crippen molar-refractivity contribution in [3.8, 4) is 17.0 Å². The summed E-state index contributed by atoms with van der Waals surface area (Å²) in [6, 6.07) is 14.2. The van der Waals surface area contributed by atoms with Crippen LogP contribution in [0.3, 0.4) is 0 Å². The molecule has 5 heteroatoms. The second-order valence-electron chi connectivity index (χ2n) is 7.71. The van der Waals surface area contributed by atoms with Gasteiger partial charge in [-0.15, -0.1) is 0 Å². The molecule has 0 spiro atoms. The minimum atomic E-state index is 0.153. The Morgan fingerprint density at radius 2 is 1.86 bits per heavy atom. The number of likely N-dealkylation sites (tertiary alicyclic amines) is 1. The first-order valence-electron chi connectivity index (χ1n) is 10.0. The SMILES string of the molecule is O=C(C1CC1)N1CCC(Oc2ccc(-c3ccc4cccnc4c3)nc2)CC1. The smallest absolute Gasteiger partial charge is 0.225 e. The molecular weight excluding hydrogens is 350 g/mol. The van der Waals surface area contributed by atoms with Crippen molar-refractivity contribution < 1.29 is 9.53 Å². The van der Waals surface area contributed by atoms with Gasteiger partial charge in [-0.05, 0) is 37.1 Å². The standard InChI is InChI=1S/C23H23N3O2/c27-23(17-4-5-17)26-12-9-19(10-13-26)28-20-7-8-21(25-15-20)18-6-3-16-2-1-11-24-22(16)14-18/h1-3,6-8,11,14-15,17,19H,4-5,9-10,12-13H2. The lowest BCUT2D eigenvalue weighted by atomic mass is 10.1. The van der Waals surface area contributed by atoms with Crippen LogP contribution in [0.4, 0.5) is 0 Å². The number of hydrogen-bond donors (Lipinski definition) is 0. The van der Waals surface area contributed by atoms with E-state index in [1.54, 1.807) is 12.4 Å². The Labute approximate surface area is 164 Å². The molecule has 3 aromatic rings. The van der Waals surface area contributed by atoms with Crippen LogP contribution in [0.15, 0.2) is 54.9 Å². The Morgan fingerprint density at radius 3 is 2.61 bits per heavy atom. The molecule has 3 heterocycles. The molecule has 2 aliphatic rings. The summed E-state index contributed by atoms with van der Waals surface area (Å²) in [7, 11) is 0. The summed E-state index contributed by atoms with van der Waals surface area (Å²) in [6.45, 7) is 1.60. The number of carbonyl (C=O) groups is 1. The first kappa shape index (κ1) is 17.2. The molecule has 5 rings (SSSR count). The third-order valence-corrected chi connectivity index (χ3v) is 5.62. The molecule has 2 aromatic heterocycles. The zero-order valence-corrected chi connectivity index (χ0v) is 15.8. The van der Waals surface area contributed by atoms with Gasteiger partial charge in [-0.3, -0.25) is 14.8 Å². The van der Waals surface area contributed by atoms with E-state index in [9.17, 15) is 4.79 Å². The van der Waals surface area contributed by atoms with Crippen LogP contribution < -0.4 is 4.74 Å². The molecule has 1 aromatic carbocycles. The van der Waals surface area contributed by atoms with E-state index in [-0.39, 0.29) is 6.10 Å². The molecule has 0 unspecified atom stereocenters. The molecule has 0 bridgehead atoms. The summed E-state index contributed by atoms with van der Waals surface area (Å²) in [5.74, 6) is 1.43. The zero-order chi connectivity index (χ0) is 18.9. The summed E-state index contributed by atoms with van der Waals surface area (Å²) in [6.07, 6.45) is 7.66. The van der Waals surface area contributed by atoms with Gasteiger partial charge in [-0.2, -0.15) is 0 Å². The number of fused-ring (bicyclic) bond motifs is 1. The van der Waals surface area contributed by atoms with Crippen molar-refractivity contribution >= 4 is 16.8 Å². The Balaban J connectivity index is 1.22. The Morgan fingerprint density at radius 1 is 1.00 bits per heavy atom. The zero-order valence-electron chi connectivity index (χ0n) is 15.8. The number of pyridine rings is 2. The lowest BCUT2D eigenvalue weighted by Gasteiger charge is -2.32. The maximum absolute atomic E-state index is 12.1. The fraction of sp³-hybridized carbons (Fsp3) is 0.348. The molecule has 2 fully saturated rings. The van der Waals surface area contributed by atoms with Crippen molar-refractivity contribution in [2.75, 3.05) is 13.1 Å². The molecule has 1 aliphatic carbocycles. The molecule has 0 atom stereocenters. The minimum Gasteiger partial charge on any atom is -0.489 e. The number of nitrogens with zero attached hydrogens (tertiary/aromatic N) is 3. The fourth-order valence-corrected chi connectivity index (χ4v) is 3.82. The molecule has 1 amide bonds. The van der Waals surface area contributed by atoms with Crippen molar-refractivity contribution in [1.29, 1.82) is 0 Å². The van der Waals surface area contributed by atoms with Gasteiger partial charge >= 0.3 is 0 Å². The van der Waals surface area contributed by atoms with Gasteiger partial charge in [-0.1, -0.05) is 18.2 Å². The summed E-state index contributed by atoms with van der Waals surface area (Å²) in [5.41, 5.74) is 2.92. The lowest BCUT2D eigenvalue weighted by Crippen LogP contribution is -2.42. The first-order chi connectivity index (χ1) is 13.8. The molecule has 1 saturated carbocycles. The van der Waals surface area contributed by atoms with Crippen LogP contribution in [0.25, 0.3) is 22.2 Å². The Kier molecular flexibility index (Phi) is 4.43. The van der Waals surface area contributed by atoms with Crippen LogP contribution >= 0.6 is 0 Å². The van der Waals surface area contributed by atoms with Crippen molar-refractivity contribution in [3.63, 3.8) is 0 Å². The van der Waals surface area contributed by atoms with E-state index in [1.807, 2.05) is 23.1 Å². The molecule has 0 N–H and O–H groups in total. The number of rotatable bonds is 4. The molecule has 5 nitrogen and oxygen atoms in total. The van der Waals surface area contributed by atoms with Crippen LogP contribution in [0.2, 0.25) is 0 Å².